The van der Waals surface area contributed by atoms with Crippen LogP contribution in [0.5, 0.6) is 0 Å². The van der Waals surface area contributed by atoms with E-state index in [1.54, 1.807) is 0 Å². The Morgan fingerprint density at radius 2 is 2.00 bits per heavy atom. The molecule has 1 aliphatic carbocycles. The molecule has 3 nitrogen and oxygen atoms in total. The van der Waals surface area contributed by atoms with Crippen molar-refractivity contribution in [2.45, 2.75) is 37.8 Å². The molecule has 1 aromatic carbocycles. The first-order chi connectivity index (χ1) is 8.34. The summed E-state index contributed by atoms with van der Waals surface area (Å²) >= 11 is 0. The lowest BCUT2D eigenvalue weighted by atomic mass is 10.1. The highest BCUT2D eigenvalue weighted by Gasteiger charge is 2.39. The minimum Gasteiger partial charge on any atom is -0.326 e. The average molecular weight is 230 g/mol. The summed E-state index contributed by atoms with van der Waals surface area (Å²) in [6, 6.07) is 11.0. The van der Waals surface area contributed by atoms with Gasteiger partial charge in [-0.15, -0.1) is 0 Å². The number of carbonyl (C=O) groups excluding carboxylic acids is 1. The quantitative estimate of drug-likeness (QED) is 0.851. The standard InChI is InChI=1S/C14H18N2O/c17-14-13(15-10-16(14)12-7-8-12)9-6-11-4-2-1-3-5-11/h1-5,12-13,15H,6-10H2. The molecule has 0 spiro atoms. The van der Waals surface area contributed by atoms with Gasteiger partial charge in [-0.1, -0.05) is 30.3 Å². The van der Waals surface area contributed by atoms with Crippen LogP contribution >= 0.6 is 0 Å². The Kier molecular flexibility index (Phi) is 2.85. The monoisotopic (exact) mass is 230 g/mol. The molecule has 3 rings (SSSR count). The minimum atomic E-state index is 0.0378. The summed E-state index contributed by atoms with van der Waals surface area (Å²) in [6.07, 6.45) is 4.27. The number of rotatable bonds is 4. The third-order valence-corrected chi connectivity index (χ3v) is 3.64. The van der Waals surface area contributed by atoms with Gasteiger partial charge in [-0.05, 0) is 31.2 Å². The molecule has 1 saturated carbocycles. The first-order valence-electron chi connectivity index (χ1n) is 6.42. The van der Waals surface area contributed by atoms with Gasteiger partial charge in [0.2, 0.25) is 5.91 Å². The van der Waals surface area contributed by atoms with Crippen LogP contribution in [0.15, 0.2) is 30.3 Å². The number of benzene rings is 1. The van der Waals surface area contributed by atoms with Crippen molar-refractivity contribution in [1.82, 2.24) is 10.2 Å². The van der Waals surface area contributed by atoms with Crippen LogP contribution in [0.1, 0.15) is 24.8 Å². The van der Waals surface area contributed by atoms with Gasteiger partial charge in [-0.3, -0.25) is 10.1 Å². The van der Waals surface area contributed by atoms with Gasteiger partial charge < -0.3 is 4.90 Å². The van der Waals surface area contributed by atoms with Gasteiger partial charge in [-0.2, -0.15) is 0 Å². The van der Waals surface area contributed by atoms with Gasteiger partial charge in [-0.25, -0.2) is 0 Å². The van der Waals surface area contributed by atoms with Crippen LogP contribution in [-0.4, -0.2) is 29.6 Å². The maximum absolute atomic E-state index is 12.1. The van der Waals surface area contributed by atoms with Crippen molar-refractivity contribution in [3.63, 3.8) is 0 Å². The summed E-state index contributed by atoms with van der Waals surface area (Å²) in [4.78, 5) is 14.1. The number of carbonyl (C=O) groups is 1. The maximum Gasteiger partial charge on any atom is 0.241 e. The molecule has 2 fully saturated rings. The highest BCUT2D eigenvalue weighted by molar-refractivity contribution is 5.84. The van der Waals surface area contributed by atoms with Crippen molar-refractivity contribution in [3.8, 4) is 0 Å². The summed E-state index contributed by atoms with van der Waals surface area (Å²) in [6.45, 7) is 0.753. The summed E-state index contributed by atoms with van der Waals surface area (Å²) in [5.74, 6) is 0.309. The Hall–Kier alpha value is -1.35. The van der Waals surface area contributed by atoms with Crippen LogP contribution in [0.4, 0.5) is 0 Å². The lowest BCUT2D eigenvalue weighted by Gasteiger charge is -2.13. The van der Waals surface area contributed by atoms with Crippen LogP contribution in [0.3, 0.4) is 0 Å². The third-order valence-electron chi connectivity index (χ3n) is 3.64. The minimum absolute atomic E-state index is 0.0378. The van der Waals surface area contributed by atoms with Gasteiger partial charge in [0, 0.05) is 6.04 Å². The zero-order valence-electron chi connectivity index (χ0n) is 9.93. The molecule has 2 aliphatic rings. The smallest absolute Gasteiger partial charge is 0.241 e. The number of hydrogen-bond acceptors (Lipinski definition) is 2. The van der Waals surface area contributed by atoms with Crippen LogP contribution < -0.4 is 5.32 Å². The molecule has 1 atom stereocenters. The second kappa shape index (κ2) is 4.49. The van der Waals surface area contributed by atoms with E-state index in [1.165, 1.54) is 18.4 Å². The Balaban J connectivity index is 1.54. The molecule has 0 radical (unpaired) electrons. The topological polar surface area (TPSA) is 32.3 Å². The van der Waals surface area contributed by atoms with Crippen LogP contribution in [0.25, 0.3) is 0 Å². The molecule has 1 aliphatic heterocycles. The fraction of sp³-hybridized carbons (Fsp3) is 0.500. The number of nitrogens with zero attached hydrogens (tertiary/aromatic N) is 1. The van der Waals surface area contributed by atoms with E-state index >= 15 is 0 Å². The van der Waals surface area contributed by atoms with Crippen molar-refractivity contribution >= 4 is 5.91 Å². The van der Waals surface area contributed by atoms with E-state index in [0.717, 1.165) is 19.5 Å². The molecule has 1 saturated heterocycles. The molecule has 1 heterocycles. The van der Waals surface area contributed by atoms with E-state index in [9.17, 15) is 4.79 Å². The zero-order chi connectivity index (χ0) is 11.7. The summed E-state index contributed by atoms with van der Waals surface area (Å²) in [5, 5.41) is 3.32. The van der Waals surface area contributed by atoms with Gasteiger partial charge >= 0.3 is 0 Å². The van der Waals surface area contributed by atoms with E-state index in [2.05, 4.69) is 29.6 Å². The predicted molar refractivity (Wildman–Crippen MR) is 66.4 cm³/mol. The van der Waals surface area contributed by atoms with Gasteiger partial charge in [0.1, 0.15) is 0 Å². The largest absolute Gasteiger partial charge is 0.326 e. The van der Waals surface area contributed by atoms with Crippen LogP contribution in [0, 0.1) is 0 Å². The summed E-state index contributed by atoms with van der Waals surface area (Å²) in [5.41, 5.74) is 1.31. The number of hydrogen-bond donors (Lipinski definition) is 1. The molecule has 1 aromatic rings. The molecular formula is C14H18N2O. The third kappa shape index (κ3) is 2.34. The van der Waals surface area contributed by atoms with Crippen LogP contribution in [-0.2, 0) is 11.2 Å². The van der Waals surface area contributed by atoms with Gasteiger partial charge in [0.05, 0.1) is 12.7 Å². The Morgan fingerprint density at radius 3 is 2.71 bits per heavy atom. The Labute approximate surface area is 102 Å². The molecule has 1 unspecified atom stereocenters. The van der Waals surface area contributed by atoms with Crippen molar-refractivity contribution < 1.29 is 4.79 Å². The number of amides is 1. The summed E-state index contributed by atoms with van der Waals surface area (Å²) < 4.78 is 0. The molecule has 1 N–H and O–H groups in total. The molecule has 0 aromatic heterocycles. The zero-order valence-corrected chi connectivity index (χ0v) is 9.93. The molecule has 3 heteroatoms. The first-order valence-corrected chi connectivity index (χ1v) is 6.42. The van der Waals surface area contributed by atoms with Crippen LogP contribution in [0.2, 0.25) is 0 Å². The van der Waals surface area contributed by atoms with E-state index < -0.39 is 0 Å². The summed E-state index contributed by atoms with van der Waals surface area (Å²) in [7, 11) is 0. The lowest BCUT2D eigenvalue weighted by Crippen LogP contribution is -2.32. The number of nitrogens with one attached hydrogen (secondary N) is 1. The van der Waals surface area contributed by atoms with E-state index in [1.807, 2.05) is 11.0 Å². The molecule has 0 bridgehead atoms. The normalized spacial score (nSPS) is 24.4. The SMILES string of the molecule is O=C1C(CCc2ccccc2)NCN1C1CC1. The van der Waals surface area contributed by atoms with Crippen molar-refractivity contribution in [2.75, 3.05) is 6.67 Å². The average Bonchev–Trinajstić information content (AvgIpc) is 3.13. The molecular weight excluding hydrogens is 212 g/mol. The molecule has 1 amide bonds. The lowest BCUT2D eigenvalue weighted by molar-refractivity contribution is -0.129. The highest BCUT2D eigenvalue weighted by Crippen LogP contribution is 2.29. The first kappa shape index (κ1) is 10.8. The Morgan fingerprint density at radius 1 is 1.24 bits per heavy atom. The fourth-order valence-electron chi connectivity index (χ4n) is 2.45. The fourth-order valence-corrected chi connectivity index (χ4v) is 2.45. The van der Waals surface area contributed by atoms with E-state index in [-0.39, 0.29) is 6.04 Å². The van der Waals surface area contributed by atoms with Crippen molar-refractivity contribution in [2.24, 2.45) is 0 Å². The highest BCUT2D eigenvalue weighted by atomic mass is 16.2. The molecule has 17 heavy (non-hydrogen) atoms. The Bertz CT molecular complexity index is 400. The van der Waals surface area contributed by atoms with Gasteiger partial charge in [0.25, 0.3) is 0 Å². The number of aryl methyl sites for hydroxylation is 1. The van der Waals surface area contributed by atoms with E-state index in [4.69, 9.17) is 0 Å². The van der Waals surface area contributed by atoms with Crippen molar-refractivity contribution in [1.29, 1.82) is 0 Å². The van der Waals surface area contributed by atoms with Crippen molar-refractivity contribution in [3.05, 3.63) is 35.9 Å². The molecule has 90 valence electrons. The van der Waals surface area contributed by atoms with Gasteiger partial charge in [0.15, 0.2) is 0 Å². The predicted octanol–water partition coefficient (Wildman–Crippen LogP) is 1.54. The second-order valence-corrected chi connectivity index (χ2v) is 4.98. The second-order valence-electron chi connectivity index (χ2n) is 4.98. The maximum atomic E-state index is 12.1. The van der Waals surface area contributed by atoms with E-state index in [0.29, 0.717) is 11.9 Å².